The molecule has 3 aromatic rings. The zero-order valence-electron chi connectivity index (χ0n) is 13.5. The van der Waals surface area contributed by atoms with E-state index in [-0.39, 0.29) is 0 Å². The maximum Gasteiger partial charge on any atom is 0.115 e. The van der Waals surface area contributed by atoms with E-state index >= 15 is 0 Å². The standard InChI is InChI=1S/C20H21N3/c1-15-6-8-18(9-7-15)16(2)23-11-17-4-3-5-19(10-17)20-12-21-14-22-13-20/h3-10,12-14,16,23H,11H2,1-2H3/t16-/m1/s1. The van der Waals surface area contributed by atoms with Gasteiger partial charge in [-0.2, -0.15) is 0 Å². The van der Waals surface area contributed by atoms with E-state index in [1.807, 2.05) is 12.4 Å². The van der Waals surface area contributed by atoms with Gasteiger partial charge in [0, 0.05) is 30.5 Å². The van der Waals surface area contributed by atoms with Crippen molar-refractivity contribution in [3.8, 4) is 11.1 Å². The van der Waals surface area contributed by atoms with E-state index in [2.05, 4.69) is 77.7 Å². The lowest BCUT2D eigenvalue weighted by atomic mass is 10.0. The molecule has 0 saturated heterocycles. The smallest absolute Gasteiger partial charge is 0.115 e. The molecule has 3 rings (SSSR count). The first-order valence-corrected chi connectivity index (χ1v) is 7.86. The SMILES string of the molecule is Cc1ccc([C@@H](C)NCc2cccc(-c3cncnc3)c2)cc1. The van der Waals surface area contributed by atoms with Gasteiger partial charge in [-0.05, 0) is 36.6 Å². The summed E-state index contributed by atoms with van der Waals surface area (Å²) in [6.07, 6.45) is 5.24. The van der Waals surface area contributed by atoms with Crippen LogP contribution in [0.1, 0.15) is 29.7 Å². The first-order chi connectivity index (χ1) is 11.2. The number of aromatic nitrogens is 2. The molecule has 0 aliphatic heterocycles. The third-order valence-corrected chi connectivity index (χ3v) is 4.01. The number of aryl methyl sites for hydroxylation is 1. The van der Waals surface area contributed by atoms with Gasteiger partial charge < -0.3 is 5.32 Å². The number of rotatable bonds is 5. The minimum absolute atomic E-state index is 0.319. The highest BCUT2D eigenvalue weighted by Crippen LogP contribution is 2.19. The number of hydrogen-bond donors (Lipinski definition) is 1. The molecule has 0 saturated carbocycles. The molecular weight excluding hydrogens is 282 g/mol. The first kappa shape index (κ1) is 15.4. The highest BCUT2D eigenvalue weighted by atomic mass is 14.9. The fourth-order valence-electron chi connectivity index (χ4n) is 2.55. The van der Waals surface area contributed by atoms with Crippen molar-refractivity contribution in [2.75, 3.05) is 0 Å². The lowest BCUT2D eigenvalue weighted by molar-refractivity contribution is 0.575. The molecule has 0 unspecified atom stereocenters. The summed E-state index contributed by atoms with van der Waals surface area (Å²) in [6, 6.07) is 17.5. The van der Waals surface area contributed by atoms with Gasteiger partial charge in [-0.1, -0.05) is 48.0 Å². The van der Waals surface area contributed by atoms with E-state index < -0.39 is 0 Å². The number of hydrogen-bond acceptors (Lipinski definition) is 3. The van der Waals surface area contributed by atoms with Gasteiger partial charge in [-0.3, -0.25) is 0 Å². The monoisotopic (exact) mass is 303 g/mol. The van der Waals surface area contributed by atoms with E-state index in [9.17, 15) is 0 Å². The molecule has 0 fully saturated rings. The van der Waals surface area contributed by atoms with Gasteiger partial charge in [-0.15, -0.1) is 0 Å². The van der Waals surface area contributed by atoms with Crippen LogP contribution in [0.5, 0.6) is 0 Å². The molecule has 0 bridgehead atoms. The third-order valence-electron chi connectivity index (χ3n) is 4.01. The van der Waals surface area contributed by atoms with Crippen molar-refractivity contribution in [1.82, 2.24) is 15.3 Å². The highest BCUT2D eigenvalue weighted by molar-refractivity contribution is 5.62. The Labute approximate surface area is 137 Å². The maximum absolute atomic E-state index is 4.08. The fraction of sp³-hybridized carbons (Fsp3) is 0.200. The second-order valence-corrected chi connectivity index (χ2v) is 5.84. The van der Waals surface area contributed by atoms with Crippen LogP contribution in [0.25, 0.3) is 11.1 Å². The van der Waals surface area contributed by atoms with Gasteiger partial charge in [-0.25, -0.2) is 9.97 Å². The van der Waals surface area contributed by atoms with Crippen LogP contribution in [-0.2, 0) is 6.54 Å². The Bertz CT molecular complexity index is 751. The predicted octanol–water partition coefficient (Wildman–Crippen LogP) is 4.30. The van der Waals surface area contributed by atoms with Gasteiger partial charge in [0.2, 0.25) is 0 Å². The summed E-state index contributed by atoms with van der Waals surface area (Å²) >= 11 is 0. The minimum Gasteiger partial charge on any atom is -0.306 e. The number of benzene rings is 2. The summed E-state index contributed by atoms with van der Waals surface area (Å²) in [5.41, 5.74) is 6.04. The van der Waals surface area contributed by atoms with Crippen LogP contribution in [0.2, 0.25) is 0 Å². The van der Waals surface area contributed by atoms with Gasteiger partial charge in [0.25, 0.3) is 0 Å². The van der Waals surface area contributed by atoms with Crippen molar-refractivity contribution in [2.24, 2.45) is 0 Å². The summed E-state index contributed by atoms with van der Waals surface area (Å²) in [6.45, 7) is 5.14. The second-order valence-electron chi connectivity index (χ2n) is 5.84. The molecular formula is C20H21N3. The molecule has 0 aliphatic carbocycles. The fourth-order valence-corrected chi connectivity index (χ4v) is 2.55. The van der Waals surface area contributed by atoms with Crippen LogP contribution in [0.3, 0.4) is 0 Å². The highest BCUT2D eigenvalue weighted by Gasteiger charge is 2.05. The van der Waals surface area contributed by atoms with Crippen LogP contribution >= 0.6 is 0 Å². The second kappa shape index (κ2) is 7.16. The molecule has 1 N–H and O–H groups in total. The molecule has 23 heavy (non-hydrogen) atoms. The molecule has 2 aromatic carbocycles. The summed E-state index contributed by atoms with van der Waals surface area (Å²) in [7, 11) is 0. The zero-order valence-corrected chi connectivity index (χ0v) is 13.5. The van der Waals surface area contributed by atoms with Crippen LogP contribution in [-0.4, -0.2) is 9.97 Å². The van der Waals surface area contributed by atoms with Gasteiger partial charge in [0.1, 0.15) is 6.33 Å². The number of nitrogens with zero attached hydrogens (tertiary/aromatic N) is 2. The molecule has 1 atom stereocenters. The van der Waals surface area contributed by atoms with Crippen molar-refractivity contribution < 1.29 is 0 Å². The van der Waals surface area contributed by atoms with Crippen molar-refractivity contribution in [1.29, 1.82) is 0 Å². The summed E-state index contributed by atoms with van der Waals surface area (Å²) in [5.74, 6) is 0. The molecule has 3 nitrogen and oxygen atoms in total. The van der Waals surface area contributed by atoms with Crippen LogP contribution < -0.4 is 5.32 Å². The molecule has 1 aromatic heterocycles. The topological polar surface area (TPSA) is 37.8 Å². The molecule has 0 radical (unpaired) electrons. The predicted molar refractivity (Wildman–Crippen MR) is 93.9 cm³/mol. The Hall–Kier alpha value is -2.52. The molecule has 3 heteroatoms. The van der Waals surface area contributed by atoms with Crippen LogP contribution in [0.15, 0.2) is 67.3 Å². The van der Waals surface area contributed by atoms with Crippen molar-refractivity contribution >= 4 is 0 Å². The quantitative estimate of drug-likeness (QED) is 0.763. The molecule has 1 heterocycles. The zero-order chi connectivity index (χ0) is 16.1. The molecule has 0 amide bonds. The molecule has 0 aliphatic rings. The Balaban J connectivity index is 1.68. The lowest BCUT2D eigenvalue weighted by Crippen LogP contribution is -2.18. The van der Waals surface area contributed by atoms with Gasteiger partial charge in [0.05, 0.1) is 0 Å². The Morgan fingerprint density at radius 2 is 1.70 bits per heavy atom. The third kappa shape index (κ3) is 4.02. The Morgan fingerprint density at radius 1 is 0.957 bits per heavy atom. The summed E-state index contributed by atoms with van der Waals surface area (Å²) < 4.78 is 0. The molecule has 116 valence electrons. The van der Waals surface area contributed by atoms with Crippen molar-refractivity contribution in [3.05, 3.63) is 83.9 Å². The average molecular weight is 303 g/mol. The first-order valence-electron chi connectivity index (χ1n) is 7.86. The van der Waals surface area contributed by atoms with E-state index in [1.54, 1.807) is 6.33 Å². The lowest BCUT2D eigenvalue weighted by Gasteiger charge is -2.15. The average Bonchev–Trinajstić information content (AvgIpc) is 2.61. The van der Waals surface area contributed by atoms with E-state index in [0.717, 1.165) is 17.7 Å². The van der Waals surface area contributed by atoms with Gasteiger partial charge in [0.15, 0.2) is 0 Å². The van der Waals surface area contributed by atoms with Gasteiger partial charge >= 0.3 is 0 Å². The van der Waals surface area contributed by atoms with Crippen molar-refractivity contribution in [2.45, 2.75) is 26.4 Å². The Morgan fingerprint density at radius 3 is 2.43 bits per heavy atom. The van der Waals surface area contributed by atoms with E-state index in [4.69, 9.17) is 0 Å². The van der Waals surface area contributed by atoms with Crippen molar-refractivity contribution in [3.63, 3.8) is 0 Å². The van der Waals surface area contributed by atoms with E-state index in [1.165, 1.54) is 16.7 Å². The largest absolute Gasteiger partial charge is 0.306 e. The van der Waals surface area contributed by atoms with E-state index in [0.29, 0.717) is 6.04 Å². The maximum atomic E-state index is 4.08. The molecule has 0 spiro atoms. The Kier molecular flexibility index (Phi) is 4.79. The summed E-state index contributed by atoms with van der Waals surface area (Å²) in [5, 5.41) is 3.58. The van der Waals surface area contributed by atoms with Crippen LogP contribution in [0.4, 0.5) is 0 Å². The summed E-state index contributed by atoms with van der Waals surface area (Å²) in [4.78, 5) is 8.17. The normalized spacial score (nSPS) is 12.1. The minimum atomic E-state index is 0.319. The van der Waals surface area contributed by atoms with Crippen LogP contribution in [0, 0.1) is 6.92 Å². The number of nitrogens with one attached hydrogen (secondary N) is 1.